The number of likely N-dealkylation sites (N-methyl/N-ethyl adjacent to an activating group) is 1. The molecule has 2 aliphatic heterocycles. The highest BCUT2D eigenvalue weighted by Crippen LogP contribution is 2.24. The largest absolute Gasteiger partial charge is 0.371 e. The number of nitrogens with zero attached hydrogens (tertiary/aromatic N) is 1. The zero-order valence-electron chi connectivity index (χ0n) is 9.81. The average molecular weight is 200 g/mol. The molecule has 3 heteroatoms. The highest BCUT2D eigenvalue weighted by molar-refractivity contribution is 4.94. The summed E-state index contributed by atoms with van der Waals surface area (Å²) in [6, 6.07) is 0. The summed E-state index contributed by atoms with van der Waals surface area (Å²) >= 11 is 0. The van der Waals surface area contributed by atoms with Crippen LogP contribution in [-0.2, 0) is 4.74 Å². The average Bonchev–Trinajstić information content (AvgIpc) is 2.50. The zero-order chi connectivity index (χ0) is 10.4. The SMILES string of the molecule is CCC.CN1CCC2(CNCCO2)C1. The minimum absolute atomic E-state index is 0.160. The number of likely N-dealkylation sites (tertiary alicyclic amines) is 1. The third-order valence-electron chi connectivity index (χ3n) is 2.64. The van der Waals surface area contributed by atoms with Crippen LogP contribution in [0.2, 0.25) is 0 Å². The Hall–Kier alpha value is -0.120. The maximum atomic E-state index is 5.79. The van der Waals surface area contributed by atoms with E-state index in [0.29, 0.717) is 0 Å². The van der Waals surface area contributed by atoms with Gasteiger partial charge in [-0.15, -0.1) is 0 Å². The molecule has 0 aromatic carbocycles. The van der Waals surface area contributed by atoms with Gasteiger partial charge in [-0.1, -0.05) is 20.3 Å². The highest BCUT2D eigenvalue weighted by Gasteiger charge is 2.38. The number of nitrogens with one attached hydrogen (secondary N) is 1. The number of hydrogen-bond donors (Lipinski definition) is 1. The smallest absolute Gasteiger partial charge is 0.0944 e. The molecule has 14 heavy (non-hydrogen) atoms. The van der Waals surface area contributed by atoms with Crippen LogP contribution in [-0.4, -0.2) is 50.3 Å². The fraction of sp³-hybridized carbons (Fsp3) is 1.00. The van der Waals surface area contributed by atoms with Crippen molar-refractivity contribution >= 4 is 0 Å². The summed E-state index contributed by atoms with van der Waals surface area (Å²) in [5.41, 5.74) is 0.160. The molecule has 2 saturated heterocycles. The quantitative estimate of drug-likeness (QED) is 0.633. The fourth-order valence-electron chi connectivity index (χ4n) is 2.01. The van der Waals surface area contributed by atoms with Gasteiger partial charge in [0, 0.05) is 26.2 Å². The van der Waals surface area contributed by atoms with Gasteiger partial charge < -0.3 is 15.0 Å². The molecule has 84 valence electrons. The van der Waals surface area contributed by atoms with Gasteiger partial charge in [-0.2, -0.15) is 0 Å². The van der Waals surface area contributed by atoms with Gasteiger partial charge in [0.1, 0.15) is 0 Å². The van der Waals surface area contributed by atoms with Crippen molar-refractivity contribution in [2.24, 2.45) is 0 Å². The molecule has 2 heterocycles. The summed E-state index contributed by atoms with van der Waals surface area (Å²) in [5, 5.41) is 3.39. The van der Waals surface area contributed by atoms with Gasteiger partial charge in [0.25, 0.3) is 0 Å². The predicted octanol–water partition coefficient (Wildman–Crippen LogP) is 1.10. The van der Waals surface area contributed by atoms with Crippen LogP contribution in [0.4, 0.5) is 0 Å². The minimum Gasteiger partial charge on any atom is -0.371 e. The van der Waals surface area contributed by atoms with E-state index in [1.807, 2.05) is 0 Å². The maximum Gasteiger partial charge on any atom is 0.0944 e. The lowest BCUT2D eigenvalue weighted by molar-refractivity contribution is -0.0560. The molecule has 2 rings (SSSR count). The third kappa shape index (κ3) is 3.23. The van der Waals surface area contributed by atoms with Crippen LogP contribution in [0.25, 0.3) is 0 Å². The molecule has 0 aromatic rings. The molecule has 1 unspecified atom stereocenters. The number of ether oxygens (including phenoxy) is 1. The molecule has 1 spiro atoms. The van der Waals surface area contributed by atoms with E-state index in [4.69, 9.17) is 4.74 Å². The summed E-state index contributed by atoms with van der Waals surface area (Å²) in [5.74, 6) is 0. The Morgan fingerprint density at radius 3 is 2.57 bits per heavy atom. The Bertz CT molecular complexity index is 150. The van der Waals surface area contributed by atoms with Crippen LogP contribution in [0.1, 0.15) is 26.7 Å². The lowest BCUT2D eigenvalue weighted by Crippen LogP contribution is -2.51. The molecule has 0 amide bonds. The second-order valence-corrected chi connectivity index (χ2v) is 4.40. The van der Waals surface area contributed by atoms with E-state index in [1.54, 1.807) is 0 Å². The highest BCUT2D eigenvalue weighted by atomic mass is 16.5. The molecule has 1 atom stereocenters. The van der Waals surface area contributed by atoms with Crippen molar-refractivity contribution in [2.75, 3.05) is 39.8 Å². The normalized spacial score (nSPS) is 32.8. The first-order valence-electron chi connectivity index (χ1n) is 5.75. The van der Waals surface area contributed by atoms with Crippen LogP contribution in [0.5, 0.6) is 0 Å². The molecule has 2 aliphatic rings. The van der Waals surface area contributed by atoms with Crippen LogP contribution in [0.15, 0.2) is 0 Å². The van der Waals surface area contributed by atoms with Crippen molar-refractivity contribution in [1.82, 2.24) is 10.2 Å². The van der Waals surface area contributed by atoms with Crippen molar-refractivity contribution in [3.8, 4) is 0 Å². The first-order valence-corrected chi connectivity index (χ1v) is 5.75. The van der Waals surface area contributed by atoms with Crippen molar-refractivity contribution < 1.29 is 4.74 Å². The summed E-state index contributed by atoms with van der Waals surface area (Å²) in [4.78, 5) is 2.34. The first-order chi connectivity index (χ1) is 6.72. The summed E-state index contributed by atoms with van der Waals surface area (Å²) < 4.78 is 5.79. The van der Waals surface area contributed by atoms with E-state index < -0.39 is 0 Å². The van der Waals surface area contributed by atoms with Gasteiger partial charge in [0.2, 0.25) is 0 Å². The van der Waals surface area contributed by atoms with Crippen LogP contribution in [0.3, 0.4) is 0 Å². The molecule has 0 bridgehead atoms. The summed E-state index contributed by atoms with van der Waals surface area (Å²) in [6.07, 6.45) is 2.44. The van der Waals surface area contributed by atoms with E-state index in [9.17, 15) is 0 Å². The molecule has 0 aliphatic carbocycles. The third-order valence-corrected chi connectivity index (χ3v) is 2.64. The minimum atomic E-state index is 0.160. The second-order valence-electron chi connectivity index (χ2n) is 4.40. The van der Waals surface area contributed by atoms with E-state index in [2.05, 4.69) is 31.1 Å². The van der Waals surface area contributed by atoms with Gasteiger partial charge in [-0.25, -0.2) is 0 Å². The standard InChI is InChI=1S/C8H16N2O.C3H8/c1-10-4-2-8(7-10)6-9-3-5-11-8;1-3-2/h9H,2-7H2,1H3;3H2,1-2H3. The summed E-state index contributed by atoms with van der Waals surface area (Å²) in [7, 11) is 2.16. The second kappa shape index (κ2) is 5.69. The van der Waals surface area contributed by atoms with Crippen LogP contribution >= 0.6 is 0 Å². The molecule has 2 fully saturated rings. The van der Waals surface area contributed by atoms with Crippen molar-refractivity contribution in [2.45, 2.75) is 32.3 Å². The van der Waals surface area contributed by atoms with E-state index in [1.165, 1.54) is 19.4 Å². The van der Waals surface area contributed by atoms with Crippen molar-refractivity contribution in [1.29, 1.82) is 0 Å². The monoisotopic (exact) mass is 200 g/mol. The number of hydrogen-bond acceptors (Lipinski definition) is 3. The predicted molar refractivity (Wildman–Crippen MR) is 59.6 cm³/mol. The fourth-order valence-corrected chi connectivity index (χ4v) is 2.01. The maximum absolute atomic E-state index is 5.79. The van der Waals surface area contributed by atoms with Gasteiger partial charge in [-0.3, -0.25) is 0 Å². The Morgan fingerprint density at radius 2 is 2.14 bits per heavy atom. The topological polar surface area (TPSA) is 24.5 Å². The molecule has 1 N–H and O–H groups in total. The number of morpholine rings is 1. The zero-order valence-corrected chi connectivity index (χ0v) is 9.81. The molecular weight excluding hydrogens is 176 g/mol. The van der Waals surface area contributed by atoms with Crippen LogP contribution in [0, 0.1) is 0 Å². The molecule has 0 radical (unpaired) electrons. The van der Waals surface area contributed by atoms with Crippen molar-refractivity contribution in [3.63, 3.8) is 0 Å². The number of rotatable bonds is 0. The Labute approximate surface area is 87.8 Å². The van der Waals surface area contributed by atoms with Gasteiger partial charge in [0.05, 0.1) is 12.2 Å². The molecule has 0 saturated carbocycles. The lowest BCUT2D eigenvalue weighted by atomic mass is 10.0. The Morgan fingerprint density at radius 1 is 1.43 bits per heavy atom. The van der Waals surface area contributed by atoms with E-state index in [-0.39, 0.29) is 5.60 Å². The van der Waals surface area contributed by atoms with E-state index >= 15 is 0 Å². The molecule has 3 nitrogen and oxygen atoms in total. The molecular formula is C11H24N2O. The van der Waals surface area contributed by atoms with Gasteiger partial charge in [-0.05, 0) is 13.5 Å². The Balaban J connectivity index is 0.000000293. The first kappa shape index (κ1) is 12.0. The van der Waals surface area contributed by atoms with Crippen molar-refractivity contribution in [3.05, 3.63) is 0 Å². The Kier molecular flexibility index (Phi) is 4.85. The van der Waals surface area contributed by atoms with E-state index in [0.717, 1.165) is 26.2 Å². The summed E-state index contributed by atoms with van der Waals surface area (Å²) in [6.45, 7) is 9.47. The van der Waals surface area contributed by atoms with Gasteiger partial charge in [0.15, 0.2) is 0 Å². The van der Waals surface area contributed by atoms with Gasteiger partial charge >= 0.3 is 0 Å². The van der Waals surface area contributed by atoms with Crippen LogP contribution < -0.4 is 5.32 Å². The molecule has 0 aromatic heterocycles. The lowest BCUT2D eigenvalue weighted by Gasteiger charge is -2.33.